The number of nitrogens with two attached hydrogens (primary N) is 1. The molecule has 0 fully saturated rings. The van der Waals surface area contributed by atoms with Gasteiger partial charge in [0.25, 0.3) is 0 Å². The molecule has 1 unspecified atom stereocenters. The molecule has 6 heteroatoms. The van der Waals surface area contributed by atoms with Crippen molar-refractivity contribution in [1.82, 2.24) is 14.8 Å². The van der Waals surface area contributed by atoms with Crippen LogP contribution < -0.4 is 5.73 Å². The quantitative estimate of drug-likeness (QED) is 0.943. The van der Waals surface area contributed by atoms with E-state index in [0.717, 1.165) is 17.9 Å². The third-order valence-corrected chi connectivity index (χ3v) is 3.82. The minimum absolute atomic E-state index is 0.299. The maximum Gasteiger partial charge on any atom is 0.0847 e. The monoisotopic (exact) mass is 298 g/mol. The minimum Gasteiger partial charge on any atom is -0.322 e. The van der Waals surface area contributed by atoms with E-state index in [0.29, 0.717) is 22.2 Å². The average molecular weight is 299 g/mol. The molecule has 0 saturated carbocycles. The molecule has 0 aliphatic heterocycles. The van der Waals surface area contributed by atoms with Crippen LogP contribution >= 0.6 is 23.2 Å². The third kappa shape index (κ3) is 2.91. The number of aryl methyl sites for hydroxylation is 2. The number of aromatic nitrogens is 3. The van der Waals surface area contributed by atoms with Crippen LogP contribution in [0.4, 0.5) is 0 Å². The average Bonchev–Trinajstić information content (AvgIpc) is 2.67. The Bertz CT molecular complexity index is 580. The predicted molar refractivity (Wildman–Crippen MR) is 77.5 cm³/mol. The van der Waals surface area contributed by atoms with Crippen LogP contribution in [0.1, 0.15) is 30.0 Å². The first-order chi connectivity index (χ1) is 9.04. The molecule has 2 rings (SSSR count). The maximum atomic E-state index is 6.27. The van der Waals surface area contributed by atoms with Crippen LogP contribution in [0.2, 0.25) is 10.0 Å². The summed E-state index contributed by atoms with van der Waals surface area (Å²) < 4.78 is 1.87. The van der Waals surface area contributed by atoms with Gasteiger partial charge in [0.1, 0.15) is 0 Å². The lowest BCUT2D eigenvalue weighted by molar-refractivity contribution is 0.582. The van der Waals surface area contributed by atoms with E-state index in [4.69, 9.17) is 28.9 Å². The lowest BCUT2D eigenvalue weighted by atomic mass is 10.1. The van der Waals surface area contributed by atoms with E-state index in [1.54, 1.807) is 18.3 Å². The Morgan fingerprint density at radius 2 is 2.16 bits per heavy atom. The Hall–Kier alpha value is -1.10. The standard InChI is InChI=1S/C13H16Cl2N4/c1-3-19-11(12(15)8(2)18-19)7-10(16)13-9(14)5-4-6-17-13/h4-6,10H,3,7,16H2,1-2H3. The zero-order chi connectivity index (χ0) is 14.0. The molecule has 0 radical (unpaired) electrons. The molecular formula is C13H16Cl2N4. The van der Waals surface area contributed by atoms with E-state index >= 15 is 0 Å². The summed E-state index contributed by atoms with van der Waals surface area (Å²) in [6.07, 6.45) is 2.25. The minimum atomic E-state index is -0.299. The zero-order valence-electron chi connectivity index (χ0n) is 10.9. The van der Waals surface area contributed by atoms with Crippen LogP contribution in [0.5, 0.6) is 0 Å². The highest BCUT2D eigenvalue weighted by atomic mass is 35.5. The molecular weight excluding hydrogens is 283 g/mol. The Kier molecular flexibility index (Phi) is 4.45. The van der Waals surface area contributed by atoms with E-state index in [1.807, 2.05) is 18.5 Å². The zero-order valence-corrected chi connectivity index (χ0v) is 12.4. The highest BCUT2D eigenvalue weighted by Gasteiger charge is 2.18. The first-order valence-electron chi connectivity index (χ1n) is 6.12. The predicted octanol–water partition coefficient (Wildman–Crippen LogP) is 3.16. The van der Waals surface area contributed by atoms with Crippen LogP contribution in [0.15, 0.2) is 18.3 Å². The first kappa shape index (κ1) is 14.3. The third-order valence-electron chi connectivity index (χ3n) is 3.00. The van der Waals surface area contributed by atoms with Crippen LogP contribution in [0.25, 0.3) is 0 Å². The van der Waals surface area contributed by atoms with Crippen molar-refractivity contribution in [3.63, 3.8) is 0 Å². The van der Waals surface area contributed by atoms with E-state index in [9.17, 15) is 0 Å². The number of hydrogen-bond donors (Lipinski definition) is 1. The van der Waals surface area contributed by atoms with Crippen LogP contribution in [0, 0.1) is 6.92 Å². The van der Waals surface area contributed by atoms with Crippen molar-refractivity contribution in [1.29, 1.82) is 0 Å². The molecule has 102 valence electrons. The van der Waals surface area contributed by atoms with Crippen molar-refractivity contribution in [2.45, 2.75) is 32.9 Å². The fraction of sp³-hybridized carbons (Fsp3) is 0.385. The van der Waals surface area contributed by atoms with Crippen LogP contribution in [-0.2, 0) is 13.0 Å². The molecule has 0 aliphatic rings. The molecule has 2 aromatic rings. The van der Waals surface area contributed by atoms with Crippen molar-refractivity contribution in [3.05, 3.63) is 45.5 Å². The second-order valence-corrected chi connectivity index (χ2v) is 5.13. The number of hydrogen-bond acceptors (Lipinski definition) is 3. The van der Waals surface area contributed by atoms with Gasteiger partial charge < -0.3 is 5.73 Å². The molecule has 2 heterocycles. The van der Waals surface area contributed by atoms with Crippen molar-refractivity contribution in [2.24, 2.45) is 5.73 Å². The van der Waals surface area contributed by atoms with E-state index in [2.05, 4.69) is 10.1 Å². The van der Waals surface area contributed by atoms with Crippen LogP contribution in [-0.4, -0.2) is 14.8 Å². The highest BCUT2D eigenvalue weighted by Crippen LogP contribution is 2.26. The largest absolute Gasteiger partial charge is 0.322 e. The summed E-state index contributed by atoms with van der Waals surface area (Å²) in [5.41, 5.74) is 8.61. The SMILES string of the molecule is CCn1nc(C)c(Cl)c1CC(N)c1ncccc1Cl. The Morgan fingerprint density at radius 1 is 1.42 bits per heavy atom. The molecule has 2 N–H and O–H groups in total. The van der Waals surface area contributed by atoms with Crippen molar-refractivity contribution < 1.29 is 0 Å². The molecule has 19 heavy (non-hydrogen) atoms. The maximum absolute atomic E-state index is 6.27. The van der Waals surface area contributed by atoms with Gasteiger partial charge in [-0.3, -0.25) is 9.67 Å². The van der Waals surface area contributed by atoms with Gasteiger partial charge in [-0.15, -0.1) is 0 Å². The highest BCUT2D eigenvalue weighted by molar-refractivity contribution is 6.32. The molecule has 0 bridgehead atoms. The van der Waals surface area contributed by atoms with Crippen molar-refractivity contribution in [2.75, 3.05) is 0 Å². The van der Waals surface area contributed by atoms with Crippen molar-refractivity contribution in [3.8, 4) is 0 Å². The fourth-order valence-corrected chi connectivity index (χ4v) is 2.51. The molecule has 4 nitrogen and oxygen atoms in total. The van der Waals surface area contributed by atoms with Gasteiger partial charge in [0.15, 0.2) is 0 Å². The van der Waals surface area contributed by atoms with Gasteiger partial charge in [-0.05, 0) is 26.0 Å². The van der Waals surface area contributed by atoms with E-state index < -0.39 is 0 Å². The Morgan fingerprint density at radius 3 is 2.79 bits per heavy atom. The summed E-state index contributed by atoms with van der Waals surface area (Å²) in [5, 5.41) is 5.62. The van der Waals surface area contributed by atoms with E-state index in [-0.39, 0.29) is 6.04 Å². The van der Waals surface area contributed by atoms with Crippen LogP contribution in [0.3, 0.4) is 0 Å². The smallest absolute Gasteiger partial charge is 0.0847 e. The number of rotatable bonds is 4. The Labute approximate surface area is 122 Å². The second kappa shape index (κ2) is 5.90. The second-order valence-electron chi connectivity index (χ2n) is 4.34. The lowest BCUT2D eigenvalue weighted by Gasteiger charge is -2.13. The molecule has 0 aromatic carbocycles. The summed E-state index contributed by atoms with van der Waals surface area (Å²) in [4.78, 5) is 4.24. The molecule has 0 saturated heterocycles. The van der Waals surface area contributed by atoms with Gasteiger partial charge in [-0.25, -0.2) is 0 Å². The van der Waals surface area contributed by atoms with Crippen molar-refractivity contribution >= 4 is 23.2 Å². The number of halogens is 2. The normalized spacial score (nSPS) is 12.7. The molecule has 2 aromatic heterocycles. The molecule has 0 spiro atoms. The molecule has 0 aliphatic carbocycles. The van der Waals surface area contributed by atoms with Gasteiger partial charge in [0.2, 0.25) is 0 Å². The summed E-state index contributed by atoms with van der Waals surface area (Å²) in [6, 6.07) is 3.27. The van der Waals surface area contributed by atoms with Gasteiger partial charge in [0.05, 0.1) is 33.2 Å². The number of nitrogens with zero attached hydrogens (tertiary/aromatic N) is 3. The molecule has 0 amide bonds. The van der Waals surface area contributed by atoms with Gasteiger partial charge in [-0.1, -0.05) is 23.2 Å². The van der Waals surface area contributed by atoms with Gasteiger partial charge in [-0.2, -0.15) is 5.10 Å². The summed E-state index contributed by atoms with van der Waals surface area (Å²) >= 11 is 12.4. The lowest BCUT2D eigenvalue weighted by Crippen LogP contribution is -2.18. The fourth-order valence-electron chi connectivity index (χ4n) is 2.04. The first-order valence-corrected chi connectivity index (χ1v) is 6.88. The molecule has 1 atom stereocenters. The topological polar surface area (TPSA) is 56.7 Å². The summed E-state index contributed by atoms with van der Waals surface area (Å²) in [6.45, 7) is 4.66. The Balaban J connectivity index is 2.29. The van der Waals surface area contributed by atoms with Gasteiger partial charge in [0, 0.05) is 19.2 Å². The van der Waals surface area contributed by atoms with Gasteiger partial charge >= 0.3 is 0 Å². The van der Waals surface area contributed by atoms with E-state index in [1.165, 1.54) is 0 Å². The summed E-state index contributed by atoms with van der Waals surface area (Å²) in [7, 11) is 0. The number of pyridine rings is 1. The summed E-state index contributed by atoms with van der Waals surface area (Å²) in [5.74, 6) is 0.